The lowest BCUT2D eigenvalue weighted by molar-refractivity contribution is 0.108. The molecule has 1 amide bonds. The average Bonchev–Trinajstić information content (AvgIpc) is 3.72. The summed E-state index contributed by atoms with van der Waals surface area (Å²) in [6.07, 6.45) is 6.50. The largest absolute Gasteiger partial charge is 0.481 e. The van der Waals surface area contributed by atoms with E-state index < -0.39 is 6.09 Å². The van der Waals surface area contributed by atoms with Gasteiger partial charge in [0.2, 0.25) is 5.88 Å². The summed E-state index contributed by atoms with van der Waals surface area (Å²) in [5.74, 6) is 1.46. The molecule has 2 heterocycles. The van der Waals surface area contributed by atoms with Gasteiger partial charge in [-0.05, 0) is 74.8 Å². The third kappa shape index (κ3) is 4.98. The van der Waals surface area contributed by atoms with E-state index in [9.17, 15) is 10.1 Å². The molecule has 0 saturated heterocycles. The molecule has 198 valence electrons. The van der Waals surface area contributed by atoms with Crippen molar-refractivity contribution in [1.29, 1.82) is 5.26 Å². The zero-order valence-corrected chi connectivity index (χ0v) is 21.9. The number of hydrogen-bond donors (Lipinski definition) is 1. The molecule has 9 nitrogen and oxygen atoms in total. The Morgan fingerprint density at radius 2 is 1.92 bits per heavy atom. The van der Waals surface area contributed by atoms with Crippen LogP contribution >= 0.6 is 0 Å². The molecule has 2 fully saturated rings. The zero-order valence-electron chi connectivity index (χ0n) is 21.9. The monoisotopic (exact) mass is 523 g/mol. The normalized spacial score (nSPS) is 15.7. The molecule has 0 spiro atoms. The number of aromatic nitrogens is 3. The third-order valence-corrected chi connectivity index (χ3v) is 7.54. The molecule has 2 aliphatic rings. The molecule has 0 bridgehead atoms. The van der Waals surface area contributed by atoms with Crippen molar-refractivity contribution in [1.82, 2.24) is 14.5 Å². The van der Waals surface area contributed by atoms with Crippen LogP contribution in [0.4, 0.5) is 10.5 Å². The molecule has 1 N–H and O–H groups in total. The summed E-state index contributed by atoms with van der Waals surface area (Å²) in [5.41, 5.74) is 3.94. The maximum Gasteiger partial charge on any atom is 0.411 e. The van der Waals surface area contributed by atoms with Gasteiger partial charge in [-0.25, -0.2) is 9.78 Å². The van der Waals surface area contributed by atoms with E-state index in [1.807, 2.05) is 49.4 Å². The van der Waals surface area contributed by atoms with Crippen LogP contribution in [0.3, 0.4) is 0 Å². The molecule has 0 aliphatic heterocycles. The van der Waals surface area contributed by atoms with Crippen LogP contribution < -0.4 is 14.8 Å². The van der Waals surface area contributed by atoms with E-state index >= 15 is 0 Å². The minimum absolute atomic E-state index is 0.0787. The van der Waals surface area contributed by atoms with Gasteiger partial charge in [0.05, 0.1) is 23.9 Å². The van der Waals surface area contributed by atoms with Gasteiger partial charge in [-0.1, -0.05) is 12.1 Å². The number of carbonyl (C=O) groups excluding carboxylic acids is 1. The number of nitrogens with one attached hydrogen (secondary N) is 1. The van der Waals surface area contributed by atoms with Gasteiger partial charge in [0.15, 0.2) is 0 Å². The van der Waals surface area contributed by atoms with Crippen molar-refractivity contribution in [3.8, 4) is 35.0 Å². The molecule has 9 heteroatoms. The summed E-state index contributed by atoms with van der Waals surface area (Å²) in [5, 5.41) is 13.9. The predicted molar refractivity (Wildman–Crippen MR) is 146 cm³/mol. The lowest BCUT2D eigenvalue weighted by Crippen LogP contribution is -2.21. The Bertz CT molecular complexity index is 1570. The van der Waals surface area contributed by atoms with E-state index in [4.69, 9.17) is 14.2 Å². The molecule has 2 aromatic heterocycles. The average molecular weight is 524 g/mol. The van der Waals surface area contributed by atoms with Crippen LogP contribution in [0, 0.1) is 17.2 Å². The topological polar surface area (TPSA) is 111 Å². The summed E-state index contributed by atoms with van der Waals surface area (Å²) in [6, 6.07) is 17.8. The van der Waals surface area contributed by atoms with Crippen molar-refractivity contribution in [3.05, 3.63) is 60.3 Å². The first-order valence-corrected chi connectivity index (χ1v) is 13.2. The lowest BCUT2D eigenvalue weighted by Gasteiger charge is -2.30. The minimum Gasteiger partial charge on any atom is -0.481 e. The third-order valence-electron chi connectivity index (χ3n) is 7.54. The minimum atomic E-state index is -0.448. The van der Waals surface area contributed by atoms with Crippen LogP contribution in [0.2, 0.25) is 0 Å². The van der Waals surface area contributed by atoms with Crippen molar-refractivity contribution >= 4 is 22.7 Å². The number of benzene rings is 2. The fourth-order valence-corrected chi connectivity index (χ4v) is 5.06. The lowest BCUT2D eigenvalue weighted by atomic mass is 9.92. The van der Waals surface area contributed by atoms with Gasteiger partial charge in [-0.2, -0.15) is 10.2 Å². The van der Waals surface area contributed by atoms with Crippen molar-refractivity contribution in [2.75, 3.05) is 12.4 Å². The van der Waals surface area contributed by atoms with E-state index in [2.05, 4.69) is 25.9 Å². The molecule has 0 radical (unpaired) electrons. The first-order chi connectivity index (χ1) is 19.0. The molecule has 2 aromatic carbocycles. The molecule has 39 heavy (non-hydrogen) atoms. The van der Waals surface area contributed by atoms with Gasteiger partial charge in [0.1, 0.15) is 17.9 Å². The van der Waals surface area contributed by atoms with E-state index in [1.165, 1.54) is 0 Å². The van der Waals surface area contributed by atoms with Crippen LogP contribution in [0.25, 0.3) is 22.2 Å². The van der Waals surface area contributed by atoms with Gasteiger partial charge in [-0.3, -0.25) is 5.32 Å². The highest BCUT2D eigenvalue weighted by atomic mass is 16.6. The summed E-state index contributed by atoms with van der Waals surface area (Å²) in [4.78, 5) is 20.7. The molecule has 2 saturated carbocycles. The molecular weight excluding hydrogens is 494 g/mol. The van der Waals surface area contributed by atoms with E-state index in [0.29, 0.717) is 28.8 Å². The highest BCUT2D eigenvalue weighted by molar-refractivity contribution is 5.96. The van der Waals surface area contributed by atoms with E-state index in [-0.39, 0.29) is 18.2 Å². The Kier molecular flexibility index (Phi) is 6.53. The first kappa shape index (κ1) is 24.7. The second-order valence-corrected chi connectivity index (χ2v) is 10.1. The van der Waals surface area contributed by atoms with Crippen molar-refractivity contribution in [2.45, 2.75) is 51.2 Å². The van der Waals surface area contributed by atoms with Crippen molar-refractivity contribution in [2.24, 2.45) is 5.92 Å². The van der Waals surface area contributed by atoms with Gasteiger partial charge in [-0.15, -0.1) is 0 Å². The quantitative estimate of drug-likeness (QED) is 0.269. The molecule has 4 aromatic rings. The fraction of sp³-hybridized carbons (Fsp3) is 0.333. The standard InChI is InChI=1S/C30H29N5O4/c1-18(19-6-7-19)38-30(36)33-21-10-8-20(9-11-21)28-25(17-31)24-13-12-23(16-26(24)35(28)22-4-3-5-22)39-29-32-15-14-27(34-29)37-2/h8-16,18-19,22H,3-7H2,1-2H3,(H,33,36)/t18-/m1/s1. The number of methoxy groups -OCH3 is 1. The highest BCUT2D eigenvalue weighted by Crippen LogP contribution is 2.43. The van der Waals surface area contributed by atoms with Gasteiger partial charge in [0.25, 0.3) is 0 Å². The maximum atomic E-state index is 12.3. The number of anilines is 1. The van der Waals surface area contributed by atoms with Crippen molar-refractivity contribution < 1.29 is 19.0 Å². The van der Waals surface area contributed by atoms with E-state index in [1.54, 1.807) is 19.4 Å². The number of carbonyl (C=O) groups is 1. The van der Waals surface area contributed by atoms with Gasteiger partial charge >= 0.3 is 12.1 Å². The molecule has 2 aliphatic carbocycles. The highest BCUT2D eigenvalue weighted by Gasteiger charge is 2.31. The number of fused-ring (bicyclic) bond motifs is 1. The number of hydrogen-bond acceptors (Lipinski definition) is 7. The van der Waals surface area contributed by atoms with Crippen LogP contribution in [0.15, 0.2) is 54.7 Å². The summed E-state index contributed by atoms with van der Waals surface area (Å²) in [7, 11) is 1.54. The maximum absolute atomic E-state index is 12.3. The second-order valence-electron chi connectivity index (χ2n) is 10.1. The Morgan fingerprint density at radius 3 is 2.59 bits per heavy atom. The Hall–Kier alpha value is -4.58. The molecular formula is C30H29N5O4. The summed E-state index contributed by atoms with van der Waals surface area (Å²) in [6.45, 7) is 1.93. The number of nitriles is 1. The van der Waals surface area contributed by atoms with Gasteiger partial charge in [0, 0.05) is 35.4 Å². The zero-order chi connectivity index (χ0) is 26.9. The SMILES string of the molecule is COc1ccnc(Oc2ccc3c(C#N)c(-c4ccc(NC(=O)O[C@H](C)C5CC5)cc4)n(C4CCC4)c3c2)n1. The Balaban J connectivity index is 1.33. The molecule has 0 unspecified atom stereocenters. The van der Waals surface area contributed by atoms with E-state index in [0.717, 1.165) is 54.3 Å². The first-order valence-electron chi connectivity index (χ1n) is 13.2. The Labute approximate surface area is 226 Å². The number of amides is 1. The molecule has 1 atom stereocenters. The van der Waals surface area contributed by atoms with Crippen LogP contribution in [-0.4, -0.2) is 33.8 Å². The number of ether oxygens (including phenoxy) is 3. The smallest absolute Gasteiger partial charge is 0.411 e. The summed E-state index contributed by atoms with van der Waals surface area (Å²) >= 11 is 0. The van der Waals surface area contributed by atoms with Crippen LogP contribution in [-0.2, 0) is 4.74 Å². The fourth-order valence-electron chi connectivity index (χ4n) is 5.06. The molecule has 6 rings (SSSR count). The summed E-state index contributed by atoms with van der Waals surface area (Å²) < 4.78 is 18.9. The second kappa shape index (κ2) is 10.3. The van der Waals surface area contributed by atoms with Crippen LogP contribution in [0.5, 0.6) is 17.6 Å². The predicted octanol–water partition coefficient (Wildman–Crippen LogP) is 6.84. The number of nitrogens with zero attached hydrogens (tertiary/aromatic N) is 4. The van der Waals surface area contributed by atoms with Crippen molar-refractivity contribution in [3.63, 3.8) is 0 Å². The van der Waals surface area contributed by atoms with Crippen LogP contribution in [0.1, 0.15) is 50.6 Å². The van der Waals surface area contributed by atoms with Gasteiger partial charge < -0.3 is 18.8 Å². The Morgan fingerprint density at radius 1 is 1.13 bits per heavy atom. The number of rotatable bonds is 8.